The Balaban J connectivity index is 3.21. The van der Waals surface area contributed by atoms with E-state index in [1.165, 1.54) is 30.1 Å². The van der Waals surface area contributed by atoms with Crippen molar-refractivity contribution in [2.75, 3.05) is 13.7 Å². The zero-order valence-corrected chi connectivity index (χ0v) is 11.6. The minimum absolute atomic E-state index is 0.0416. The summed E-state index contributed by atoms with van der Waals surface area (Å²) in [6.45, 7) is 3.12. The van der Waals surface area contributed by atoms with Gasteiger partial charge in [-0.25, -0.2) is 0 Å². The third-order valence-electron chi connectivity index (χ3n) is 3.01. The van der Waals surface area contributed by atoms with E-state index in [4.69, 9.17) is 11.6 Å². The Labute approximate surface area is 115 Å². The van der Waals surface area contributed by atoms with Gasteiger partial charge in [-0.05, 0) is 19.9 Å². The summed E-state index contributed by atoms with van der Waals surface area (Å²) in [5.74, 6) is -0.479. The van der Waals surface area contributed by atoms with Gasteiger partial charge in [0.25, 0.3) is 11.6 Å². The summed E-state index contributed by atoms with van der Waals surface area (Å²) in [5, 5.41) is 19.8. The SMILES string of the molecule is CN(C(=O)c1cccc([N+](=O)[O-])c1Cl)C(C)(C)CO. The minimum atomic E-state index is -0.787. The highest BCUT2D eigenvalue weighted by Crippen LogP contribution is 2.29. The van der Waals surface area contributed by atoms with Crippen molar-refractivity contribution in [2.45, 2.75) is 19.4 Å². The van der Waals surface area contributed by atoms with Crippen LogP contribution >= 0.6 is 11.6 Å². The second-order valence-corrected chi connectivity index (χ2v) is 5.11. The Kier molecular flexibility index (Phi) is 4.49. The molecule has 0 unspecified atom stereocenters. The fourth-order valence-electron chi connectivity index (χ4n) is 1.39. The van der Waals surface area contributed by atoms with Crippen LogP contribution in [0, 0.1) is 10.1 Å². The molecule has 7 heteroatoms. The molecule has 1 N–H and O–H groups in total. The van der Waals surface area contributed by atoms with Crippen LogP contribution in [0.5, 0.6) is 0 Å². The van der Waals surface area contributed by atoms with Gasteiger partial charge in [0, 0.05) is 13.1 Å². The molecular formula is C12H15ClN2O4. The van der Waals surface area contributed by atoms with Gasteiger partial charge >= 0.3 is 0 Å². The van der Waals surface area contributed by atoms with E-state index >= 15 is 0 Å². The lowest BCUT2D eigenvalue weighted by Crippen LogP contribution is -2.47. The van der Waals surface area contributed by atoms with Crippen molar-refractivity contribution in [1.82, 2.24) is 4.90 Å². The van der Waals surface area contributed by atoms with E-state index in [2.05, 4.69) is 0 Å². The molecule has 1 aromatic rings. The minimum Gasteiger partial charge on any atom is -0.394 e. The number of nitro benzene ring substituents is 1. The molecular weight excluding hydrogens is 272 g/mol. The summed E-state index contributed by atoms with van der Waals surface area (Å²) >= 11 is 5.88. The number of nitro groups is 1. The zero-order chi connectivity index (χ0) is 14.8. The van der Waals surface area contributed by atoms with Crippen LogP contribution in [0.25, 0.3) is 0 Å². The number of likely N-dealkylation sites (N-methyl/N-ethyl adjacent to an activating group) is 1. The van der Waals surface area contributed by atoms with Crippen molar-refractivity contribution in [3.63, 3.8) is 0 Å². The van der Waals surface area contributed by atoms with Crippen molar-refractivity contribution in [2.24, 2.45) is 0 Å². The molecule has 1 amide bonds. The Morgan fingerprint density at radius 1 is 1.53 bits per heavy atom. The third kappa shape index (κ3) is 3.02. The lowest BCUT2D eigenvalue weighted by molar-refractivity contribution is -0.384. The summed E-state index contributed by atoms with van der Waals surface area (Å²) in [4.78, 5) is 23.7. The highest BCUT2D eigenvalue weighted by Gasteiger charge is 2.30. The van der Waals surface area contributed by atoms with Crippen LogP contribution in [-0.4, -0.2) is 40.0 Å². The van der Waals surface area contributed by atoms with E-state index < -0.39 is 16.4 Å². The molecule has 0 bridgehead atoms. The normalized spacial score (nSPS) is 11.2. The lowest BCUT2D eigenvalue weighted by atomic mass is 10.0. The predicted molar refractivity (Wildman–Crippen MR) is 71.4 cm³/mol. The summed E-state index contributed by atoms with van der Waals surface area (Å²) in [6, 6.07) is 4.05. The molecule has 19 heavy (non-hydrogen) atoms. The highest BCUT2D eigenvalue weighted by molar-refractivity contribution is 6.35. The molecule has 1 aromatic carbocycles. The Morgan fingerprint density at radius 3 is 2.58 bits per heavy atom. The van der Waals surface area contributed by atoms with Gasteiger partial charge in [-0.1, -0.05) is 17.7 Å². The molecule has 0 aliphatic heterocycles. The first-order valence-corrected chi connectivity index (χ1v) is 5.92. The Morgan fingerprint density at radius 2 is 2.11 bits per heavy atom. The standard InChI is InChI=1S/C12H15ClN2O4/c1-12(2,7-16)14(3)11(17)8-5-4-6-9(10(8)13)15(18)19/h4-6,16H,7H2,1-3H3. The van der Waals surface area contributed by atoms with Gasteiger partial charge in [0.05, 0.1) is 22.6 Å². The third-order valence-corrected chi connectivity index (χ3v) is 3.40. The second kappa shape index (κ2) is 5.54. The first kappa shape index (κ1) is 15.4. The molecule has 0 atom stereocenters. The number of carbonyl (C=O) groups excluding carboxylic acids is 1. The number of rotatable bonds is 4. The zero-order valence-electron chi connectivity index (χ0n) is 10.9. The molecule has 1 rings (SSSR count). The van der Waals surface area contributed by atoms with Gasteiger partial charge < -0.3 is 10.0 Å². The van der Waals surface area contributed by atoms with E-state index in [9.17, 15) is 20.0 Å². The number of hydrogen-bond donors (Lipinski definition) is 1. The number of amides is 1. The quantitative estimate of drug-likeness (QED) is 0.678. The summed E-state index contributed by atoms with van der Waals surface area (Å²) < 4.78 is 0. The van der Waals surface area contributed by atoms with Gasteiger partial charge in [-0.2, -0.15) is 0 Å². The fraction of sp³-hybridized carbons (Fsp3) is 0.417. The molecule has 6 nitrogen and oxygen atoms in total. The molecule has 0 spiro atoms. The molecule has 0 aliphatic carbocycles. The van der Waals surface area contributed by atoms with Crippen LogP contribution in [0.3, 0.4) is 0 Å². The van der Waals surface area contributed by atoms with E-state index in [-0.39, 0.29) is 22.9 Å². The first-order chi connectivity index (χ1) is 8.72. The van der Waals surface area contributed by atoms with E-state index in [0.29, 0.717) is 0 Å². The van der Waals surface area contributed by atoms with Crippen LogP contribution in [-0.2, 0) is 0 Å². The van der Waals surface area contributed by atoms with Crippen molar-refractivity contribution < 1.29 is 14.8 Å². The van der Waals surface area contributed by atoms with Crippen LogP contribution in [0.15, 0.2) is 18.2 Å². The number of aliphatic hydroxyl groups excluding tert-OH is 1. The molecule has 0 aromatic heterocycles. The van der Waals surface area contributed by atoms with E-state index in [1.807, 2.05) is 0 Å². The largest absolute Gasteiger partial charge is 0.394 e. The average molecular weight is 287 g/mol. The van der Waals surface area contributed by atoms with Crippen molar-refractivity contribution in [1.29, 1.82) is 0 Å². The van der Waals surface area contributed by atoms with Crippen LogP contribution in [0.4, 0.5) is 5.69 Å². The molecule has 0 fully saturated rings. The number of carbonyl (C=O) groups is 1. The van der Waals surface area contributed by atoms with Crippen molar-refractivity contribution in [3.8, 4) is 0 Å². The fourth-order valence-corrected chi connectivity index (χ4v) is 1.66. The number of nitrogens with zero attached hydrogens (tertiary/aromatic N) is 2. The molecule has 0 aliphatic rings. The number of aliphatic hydroxyl groups is 1. The van der Waals surface area contributed by atoms with E-state index in [1.54, 1.807) is 13.8 Å². The van der Waals surface area contributed by atoms with Gasteiger partial charge in [0.1, 0.15) is 5.02 Å². The Hall–Kier alpha value is -1.66. The van der Waals surface area contributed by atoms with Crippen molar-refractivity contribution >= 4 is 23.2 Å². The van der Waals surface area contributed by atoms with Gasteiger partial charge in [-0.3, -0.25) is 14.9 Å². The van der Waals surface area contributed by atoms with Crippen LogP contribution in [0.1, 0.15) is 24.2 Å². The van der Waals surface area contributed by atoms with Gasteiger partial charge in [0.15, 0.2) is 0 Å². The molecule has 104 valence electrons. The Bertz CT molecular complexity index is 516. The molecule has 0 saturated carbocycles. The summed E-state index contributed by atoms with van der Waals surface area (Å²) in [7, 11) is 1.51. The lowest BCUT2D eigenvalue weighted by Gasteiger charge is -2.34. The van der Waals surface area contributed by atoms with Crippen LogP contribution in [0.2, 0.25) is 5.02 Å². The highest BCUT2D eigenvalue weighted by atomic mass is 35.5. The molecule has 0 radical (unpaired) electrons. The second-order valence-electron chi connectivity index (χ2n) is 4.73. The monoisotopic (exact) mass is 286 g/mol. The summed E-state index contributed by atoms with van der Waals surface area (Å²) in [6.07, 6.45) is 0. The van der Waals surface area contributed by atoms with Crippen molar-refractivity contribution in [3.05, 3.63) is 38.9 Å². The average Bonchev–Trinajstić information content (AvgIpc) is 2.36. The van der Waals surface area contributed by atoms with Crippen LogP contribution < -0.4 is 0 Å². The predicted octanol–water partition coefficient (Wildman–Crippen LogP) is 2.09. The number of hydrogen-bond acceptors (Lipinski definition) is 4. The topological polar surface area (TPSA) is 83.7 Å². The smallest absolute Gasteiger partial charge is 0.288 e. The maximum Gasteiger partial charge on any atom is 0.288 e. The maximum absolute atomic E-state index is 12.3. The summed E-state index contributed by atoms with van der Waals surface area (Å²) in [5.41, 5.74) is -1.06. The van der Waals surface area contributed by atoms with Gasteiger partial charge in [-0.15, -0.1) is 0 Å². The molecule has 0 saturated heterocycles. The first-order valence-electron chi connectivity index (χ1n) is 5.54. The number of benzene rings is 1. The number of halogens is 1. The maximum atomic E-state index is 12.3. The van der Waals surface area contributed by atoms with Gasteiger partial charge in [0.2, 0.25) is 0 Å². The van der Waals surface area contributed by atoms with E-state index in [0.717, 1.165) is 0 Å². The molecule has 0 heterocycles.